The molecule has 6 nitrogen and oxygen atoms in total. The molecule has 0 aliphatic heterocycles. The molecule has 0 saturated heterocycles. The van der Waals surface area contributed by atoms with Crippen molar-refractivity contribution in [1.82, 2.24) is 24.4 Å². The number of rotatable bonds is 1. The summed E-state index contributed by atoms with van der Waals surface area (Å²) in [6.45, 7) is 10.0. The molecule has 4 aromatic rings. The summed E-state index contributed by atoms with van der Waals surface area (Å²) in [5.74, 6) is -0.289. The minimum atomic E-state index is -0.289. The lowest BCUT2D eigenvalue weighted by molar-refractivity contribution is 0.633. The van der Waals surface area contributed by atoms with Gasteiger partial charge in [0.05, 0.1) is 17.6 Å². The first-order chi connectivity index (χ1) is 12.9. The molecule has 1 N–H and O–H groups in total. The van der Waals surface area contributed by atoms with Gasteiger partial charge in [0.1, 0.15) is 5.52 Å². The highest BCUT2D eigenvalue weighted by Gasteiger charge is 2.06. The zero-order valence-corrected chi connectivity index (χ0v) is 17.0. The predicted molar refractivity (Wildman–Crippen MR) is 109 cm³/mol. The van der Waals surface area contributed by atoms with Crippen LogP contribution in [-0.4, -0.2) is 31.4 Å². The molecule has 27 heavy (non-hydrogen) atoms. The number of imidazole rings is 1. The highest BCUT2D eigenvalue weighted by Crippen LogP contribution is 2.20. The number of hydrogen-bond donors (Lipinski definition) is 1. The van der Waals surface area contributed by atoms with Gasteiger partial charge in [0, 0.05) is 31.4 Å². The molecule has 1 aromatic carbocycles. The molecule has 3 heterocycles. The molecular formula is C20H27FN6. The van der Waals surface area contributed by atoms with Crippen molar-refractivity contribution in [1.29, 1.82) is 0 Å². The van der Waals surface area contributed by atoms with E-state index in [1.165, 1.54) is 11.6 Å². The van der Waals surface area contributed by atoms with E-state index < -0.39 is 0 Å². The van der Waals surface area contributed by atoms with Gasteiger partial charge in [0.2, 0.25) is 0 Å². The Morgan fingerprint density at radius 1 is 0.963 bits per heavy atom. The normalized spacial score (nSPS) is 10.2. The number of benzene rings is 1. The standard InChI is InChI=1S/C9H10FN3.C9H11N3.C2H6/c1-11-7-3-6-5-13(2)12-9(6)8(10)4-7;1-6-4-7(2)11-12-5-8(3)10-9(6)12;1-2/h3-5,11H,1-2H3;4-5H,1-3H3;1-2H3. The molecule has 0 aliphatic rings. The second-order valence-corrected chi connectivity index (χ2v) is 6.07. The van der Waals surface area contributed by atoms with Gasteiger partial charge < -0.3 is 5.32 Å². The van der Waals surface area contributed by atoms with Crippen LogP contribution in [0.3, 0.4) is 0 Å². The third-order valence-electron chi connectivity index (χ3n) is 3.82. The topological polar surface area (TPSA) is 60.0 Å². The van der Waals surface area contributed by atoms with Gasteiger partial charge >= 0.3 is 0 Å². The molecule has 0 spiro atoms. The Hall–Kier alpha value is -2.96. The van der Waals surface area contributed by atoms with Crippen molar-refractivity contribution in [3.8, 4) is 0 Å². The van der Waals surface area contributed by atoms with E-state index in [-0.39, 0.29) is 5.82 Å². The van der Waals surface area contributed by atoms with Gasteiger partial charge in [0.15, 0.2) is 11.5 Å². The molecule has 0 radical (unpaired) electrons. The van der Waals surface area contributed by atoms with Crippen LogP contribution in [0.15, 0.2) is 30.6 Å². The molecule has 0 bridgehead atoms. The molecule has 7 heteroatoms. The van der Waals surface area contributed by atoms with Gasteiger partial charge in [-0.15, -0.1) is 0 Å². The van der Waals surface area contributed by atoms with E-state index in [9.17, 15) is 4.39 Å². The summed E-state index contributed by atoms with van der Waals surface area (Å²) in [5, 5.41) is 12.0. The second kappa shape index (κ2) is 8.62. The smallest absolute Gasteiger partial charge is 0.156 e. The zero-order chi connectivity index (χ0) is 20.1. The van der Waals surface area contributed by atoms with Crippen molar-refractivity contribution >= 4 is 22.2 Å². The van der Waals surface area contributed by atoms with Gasteiger partial charge in [-0.1, -0.05) is 13.8 Å². The number of fused-ring (bicyclic) bond motifs is 2. The van der Waals surface area contributed by atoms with Crippen LogP contribution >= 0.6 is 0 Å². The van der Waals surface area contributed by atoms with Crippen molar-refractivity contribution in [3.05, 3.63) is 53.4 Å². The first kappa shape index (κ1) is 20.4. The molecule has 0 saturated carbocycles. The summed E-state index contributed by atoms with van der Waals surface area (Å²) in [6, 6.07) is 5.35. The Morgan fingerprint density at radius 2 is 1.67 bits per heavy atom. The molecule has 0 amide bonds. The summed E-state index contributed by atoms with van der Waals surface area (Å²) in [7, 11) is 3.54. The van der Waals surface area contributed by atoms with Crippen molar-refractivity contribution in [2.45, 2.75) is 34.6 Å². The van der Waals surface area contributed by atoms with E-state index in [1.807, 2.05) is 50.5 Å². The molecule has 3 aromatic heterocycles. The fourth-order valence-electron chi connectivity index (χ4n) is 2.76. The lowest BCUT2D eigenvalue weighted by Gasteiger charge is -1.98. The minimum Gasteiger partial charge on any atom is -0.388 e. The van der Waals surface area contributed by atoms with Gasteiger partial charge in [-0.05, 0) is 44.5 Å². The van der Waals surface area contributed by atoms with E-state index in [0.717, 1.165) is 28.1 Å². The van der Waals surface area contributed by atoms with E-state index in [2.05, 4.69) is 27.4 Å². The zero-order valence-electron chi connectivity index (χ0n) is 17.0. The van der Waals surface area contributed by atoms with E-state index in [0.29, 0.717) is 5.52 Å². The summed E-state index contributed by atoms with van der Waals surface area (Å²) < 4.78 is 16.8. The fraction of sp³-hybridized carbons (Fsp3) is 0.350. The summed E-state index contributed by atoms with van der Waals surface area (Å²) >= 11 is 0. The Bertz CT molecular complexity index is 1050. The highest BCUT2D eigenvalue weighted by molar-refractivity contribution is 5.82. The van der Waals surface area contributed by atoms with Gasteiger partial charge in [-0.3, -0.25) is 4.68 Å². The second-order valence-electron chi connectivity index (χ2n) is 6.07. The van der Waals surface area contributed by atoms with Crippen LogP contribution in [0.25, 0.3) is 16.6 Å². The Kier molecular flexibility index (Phi) is 6.50. The molecule has 0 aliphatic carbocycles. The average Bonchev–Trinajstić information content (AvgIpc) is 3.19. The number of nitrogens with zero attached hydrogens (tertiary/aromatic N) is 5. The maximum absolute atomic E-state index is 13.3. The number of aryl methyl sites for hydroxylation is 4. The molecule has 144 valence electrons. The average molecular weight is 370 g/mol. The lowest BCUT2D eigenvalue weighted by Crippen LogP contribution is -1.95. The lowest BCUT2D eigenvalue weighted by atomic mass is 10.2. The maximum atomic E-state index is 13.3. The fourth-order valence-corrected chi connectivity index (χ4v) is 2.76. The number of halogens is 1. The van der Waals surface area contributed by atoms with Gasteiger partial charge in [-0.2, -0.15) is 10.2 Å². The largest absolute Gasteiger partial charge is 0.388 e. The summed E-state index contributed by atoms with van der Waals surface area (Å²) in [4.78, 5) is 4.35. The van der Waals surface area contributed by atoms with Crippen LogP contribution in [0.2, 0.25) is 0 Å². The molecule has 0 fully saturated rings. The maximum Gasteiger partial charge on any atom is 0.156 e. The van der Waals surface area contributed by atoms with Crippen LogP contribution < -0.4 is 5.32 Å². The van der Waals surface area contributed by atoms with Gasteiger partial charge in [-0.25, -0.2) is 13.9 Å². The molecular weight excluding hydrogens is 343 g/mol. The third kappa shape index (κ3) is 4.61. The van der Waals surface area contributed by atoms with E-state index in [4.69, 9.17) is 0 Å². The quantitative estimate of drug-likeness (QED) is 0.538. The molecule has 0 atom stereocenters. The number of hydrogen-bond acceptors (Lipinski definition) is 4. The van der Waals surface area contributed by atoms with Crippen molar-refractivity contribution in [2.24, 2.45) is 7.05 Å². The van der Waals surface area contributed by atoms with Crippen LogP contribution in [0.4, 0.5) is 10.1 Å². The monoisotopic (exact) mass is 370 g/mol. The van der Waals surface area contributed by atoms with Crippen molar-refractivity contribution in [3.63, 3.8) is 0 Å². The summed E-state index contributed by atoms with van der Waals surface area (Å²) in [5.41, 5.74) is 5.35. The van der Waals surface area contributed by atoms with Crippen LogP contribution in [0.1, 0.15) is 30.8 Å². The SMILES string of the molecule is CC.CNc1cc(F)c2nn(C)cc2c1.Cc1cn2nc(C)cc(C)c2n1. The van der Waals surface area contributed by atoms with Crippen molar-refractivity contribution < 1.29 is 4.39 Å². The number of anilines is 1. The Morgan fingerprint density at radius 3 is 2.33 bits per heavy atom. The predicted octanol–water partition coefficient (Wildman–Crippen LogP) is 4.43. The number of nitrogens with one attached hydrogen (secondary N) is 1. The molecule has 4 rings (SSSR count). The minimum absolute atomic E-state index is 0.289. The summed E-state index contributed by atoms with van der Waals surface area (Å²) in [6.07, 6.45) is 3.73. The number of aromatic nitrogens is 5. The Labute approximate surface area is 159 Å². The first-order valence-electron chi connectivity index (χ1n) is 8.98. The Balaban J connectivity index is 0.000000178. The van der Waals surface area contributed by atoms with Gasteiger partial charge in [0.25, 0.3) is 0 Å². The van der Waals surface area contributed by atoms with E-state index >= 15 is 0 Å². The van der Waals surface area contributed by atoms with Crippen LogP contribution in [0.5, 0.6) is 0 Å². The van der Waals surface area contributed by atoms with Crippen LogP contribution in [-0.2, 0) is 7.05 Å². The molecule has 0 unspecified atom stereocenters. The van der Waals surface area contributed by atoms with Crippen molar-refractivity contribution in [2.75, 3.05) is 12.4 Å². The highest BCUT2D eigenvalue weighted by atomic mass is 19.1. The first-order valence-corrected chi connectivity index (χ1v) is 8.98. The van der Waals surface area contributed by atoms with Crippen LogP contribution in [0, 0.1) is 26.6 Å². The third-order valence-corrected chi connectivity index (χ3v) is 3.82. The van der Waals surface area contributed by atoms with E-state index in [1.54, 1.807) is 25.0 Å².